The van der Waals surface area contributed by atoms with Gasteiger partial charge in [0.25, 0.3) is 0 Å². The first kappa shape index (κ1) is 14.5. The highest BCUT2D eigenvalue weighted by Gasteiger charge is 2.31. The number of amides is 1. The van der Waals surface area contributed by atoms with Crippen LogP contribution < -0.4 is 10.6 Å². The maximum absolute atomic E-state index is 11.7. The minimum Gasteiger partial charge on any atom is -0.359 e. The molecule has 1 rings (SSSR count). The molecule has 1 unspecified atom stereocenters. The molecule has 0 heterocycles. The van der Waals surface area contributed by atoms with E-state index in [-0.39, 0.29) is 11.3 Å². The lowest BCUT2D eigenvalue weighted by Crippen LogP contribution is -2.46. The minimum atomic E-state index is -0.323. The molecule has 1 atom stereocenters. The summed E-state index contributed by atoms with van der Waals surface area (Å²) in [6.07, 6.45) is 5.08. The quantitative estimate of drug-likeness (QED) is 0.792. The Morgan fingerprint density at radius 2 is 2.06 bits per heavy atom. The normalized spacial score (nSPS) is 24.4. The SMILES string of the molecule is CNC(=O)C(C)(C)CNC1CCCC(C)(C)C1. The third kappa shape index (κ3) is 4.30. The van der Waals surface area contributed by atoms with Crippen LogP contribution in [0.5, 0.6) is 0 Å². The van der Waals surface area contributed by atoms with Gasteiger partial charge in [0.15, 0.2) is 0 Å². The number of nitrogens with one attached hydrogen (secondary N) is 2. The van der Waals surface area contributed by atoms with Gasteiger partial charge in [-0.15, -0.1) is 0 Å². The molecule has 0 bridgehead atoms. The van der Waals surface area contributed by atoms with Crippen LogP contribution in [0.2, 0.25) is 0 Å². The average molecular weight is 240 g/mol. The molecule has 1 aliphatic rings. The van der Waals surface area contributed by atoms with E-state index in [9.17, 15) is 4.79 Å². The Balaban J connectivity index is 2.43. The van der Waals surface area contributed by atoms with Crippen LogP contribution in [0.15, 0.2) is 0 Å². The van der Waals surface area contributed by atoms with Gasteiger partial charge in [0.05, 0.1) is 5.41 Å². The van der Waals surface area contributed by atoms with Crippen molar-refractivity contribution in [2.45, 2.75) is 59.4 Å². The molecule has 3 heteroatoms. The molecule has 2 N–H and O–H groups in total. The van der Waals surface area contributed by atoms with Crippen LogP contribution in [0.25, 0.3) is 0 Å². The lowest BCUT2D eigenvalue weighted by molar-refractivity contribution is -0.128. The summed E-state index contributed by atoms with van der Waals surface area (Å²) in [5, 5.41) is 6.30. The van der Waals surface area contributed by atoms with Crippen LogP contribution in [-0.4, -0.2) is 25.5 Å². The summed E-state index contributed by atoms with van der Waals surface area (Å²) in [7, 11) is 1.70. The van der Waals surface area contributed by atoms with Crippen LogP contribution in [0.3, 0.4) is 0 Å². The first-order chi connectivity index (χ1) is 7.77. The molecule has 3 nitrogen and oxygen atoms in total. The van der Waals surface area contributed by atoms with Gasteiger partial charge in [0.2, 0.25) is 5.91 Å². The molecule has 1 amide bonds. The fourth-order valence-electron chi connectivity index (χ4n) is 2.69. The summed E-state index contributed by atoms with van der Waals surface area (Å²) < 4.78 is 0. The second kappa shape index (κ2) is 5.38. The van der Waals surface area contributed by atoms with Crippen molar-refractivity contribution in [1.29, 1.82) is 0 Å². The number of rotatable bonds is 4. The fourth-order valence-corrected chi connectivity index (χ4v) is 2.69. The van der Waals surface area contributed by atoms with E-state index < -0.39 is 0 Å². The van der Waals surface area contributed by atoms with E-state index in [0.29, 0.717) is 11.5 Å². The summed E-state index contributed by atoms with van der Waals surface area (Å²) in [4.78, 5) is 11.7. The summed E-state index contributed by atoms with van der Waals surface area (Å²) in [6.45, 7) is 9.42. The molecule has 1 aliphatic carbocycles. The zero-order chi connectivity index (χ0) is 13.1. The van der Waals surface area contributed by atoms with Crippen LogP contribution in [-0.2, 0) is 4.79 Å². The van der Waals surface area contributed by atoms with Crippen molar-refractivity contribution in [2.75, 3.05) is 13.6 Å². The predicted octanol–water partition coefficient (Wildman–Crippen LogP) is 2.32. The van der Waals surface area contributed by atoms with E-state index in [0.717, 1.165) is 6.54 Å². The van der Waals surface area contributed by atoms with Crippen molar-refractivity contribution in [1.82, 2.24) is 10.6 Å². The van der Waals surface area contributed by atoms with E-state index in [1.165, 1.54) is 25.7 Å². The molecule has 17 heavy (non-hydrogen) atoms. The average Bonchev–Trinajstić information content (AvgIpc) is 2.24. The molecule has 0 aromatic heterocycles. The van der Waals surface area contributed by atoms with Crippen molar-refractivity contribution < 1.29 is 4.79 Å². The van der Waals surface area contributed by atoms with Gasteiger partial charge in [-0.05, 0) is 38.5 Å². The van der Waals surface area contributed by atoms with Crippen LogP contribution >= 0.6 is 0 Å². The Morgan fingerprint density at radius 1 is 1.41 bits per heavy atom. The Labute approximate surface area is 106 Å². The molecule has 0 aromatic carbocycles. The second-order valence-electron chi connectivity index (χ2n) is 6.80. The van der Waals surface area contributed by atoms with Crippen molar-refractivity contribution in [3.63, 3.8) is 0 Å². The van der Waals surface area contributed by atoms with E-state index in [2.05, 4.69) is 24.5 Å². The second-order valence-corrected chi connectivity index (χ2v) is 6.80. The Hall–Kier alpha value is -0.570. The van der Waals surface area contributed by atoms with E-state index in [4.69, 9.17) is 0 Å². The maximum atomic E-state index is 11.7. The number of carbonyl (C=O) groups excluding carboxylic acids is 1. The van der Waals surface area contributed by atoms with Gasteiger partial charge in [-0.25, -0.2) is 0 Å². The van der Waals surface area contributed by atoms with Gasteiger partial charge in [0.1, 0.15) is 0 Å². The van der Waals surface area contributed by atoms with Crippen LogP contribution in [0.1, 0.15) is 53.4 Å². The minimum absolute atomic E-state index is 0.111. The topological polar surface area (TPSA) is 41.1 Å². The zero-order valence-electron chi connectivity index (χ0n) is 12.0. The van der Waals surface area contributed by atoms with Crippen molar-refractivity contribution in [2.24, 2.45) is 10.8 Å². The van der Waals surface area contributed by atoms with Crippen molar-refractivity contribution >= 4 is 5.91 Å². The summed E-state index contributed by atoms with van der Waals surface area (Å²) in [5.74, 6) is 0.111. The van der Waals surface area contributed by atoms with Gasteiger partial charge in [-0.2, -0.15) is 0 Å². The molecule has 0 spiro atoms. The van der Waals surface area contributed by atoms with Gasteiger partial charge in [0, 0.05) is 19.6 Å². The highest BCUT2D eigenvalue weighted by molar-refractivity contribution is 5.81. The molecular formula is C14H28N2O. The summed E-state index contributed by atoms with van der Waals surface area (Å²) in [5.41, 5.74) is 0.128. The van der Waals surface area contributed by atoms with Crippen LogP contribution in [0.4, 0.5) is 0 Å². The first-order valence-corrected chi connectivity index (χ1v) is 6.72. The Bertz CT molecular complexity index is 271. The Morgan fingerprint density at radius 3 is 2.59 bits per heavy atom. The monoisotopic (exact) mass is 240 g/mol. The largest absolute Gasteiger partial charge is 0.359 e. The Kier molecular flexibility index (Phi) is 4.59. The lowest BCUT2D eigenvalue weighted by atomic mass is 9.75. The molecule has 1 saturated carbocycles. The van der Waals surface area contributed by atoms with Gasteiger partial charge in [-0.1, -0.05) is 20.3 Å². The van der Waals surface area contributed by atoms with E-state index in [1.54, 1.807) is 7.05 Å². The molecule has 1 fully saturated rings. The third-order valence-corrected chi connectivity index (χ3v) is 3.88. The number of hydrogen-bond donors (Lipinski definition) is 2. The molecule has 100 valence electrons. The maximum Gasteiger partial charge on any atom is 0.226 e. The highest BCUT2D eigenvalue weighted by Crippen LogP contribution is 2.35. The van der Waals surface area contributed by atoms with E-state index >= 15 is 0 Å². The van der Waals surface area contributed by atoms with Gasteiger partial charge >= 0.3 is 0 Å². The highest BCUT2D eigenvalue weighted by atomic mass is 16.2. The standard InChI is InChI=1S/C14H28N2O/c1-13(2)8-6-7-11(9-13)16-10-14(3,4)12(17)15-5/h11,16H,6-10H2,1-5H3,(H,15,17). The van der Waals surface area contributed by atoms with Gasteiger partial charge in [-0.3, -0.25) is 4.79 Å². The van der Waals surface area contributed by atoms with Crippen molar-refractivity contribution in [3.05, 3.63) is 0 Å². The smallest absolute Gasteiger partial charge is 0.226 e. The molecule has 0 aromatic rings. The summed E-state index contributed by atoms with van der Waals surface area (Å²) in [6, 6.07) is 0.572. The van der Waals surface area contributed by atoms with E-state index in [1.807, 2.05) is 13.8 Å². The third-order valence-electron chi connectivity index (χ3n) is 3.88. The number of carbonyl (C=O) groups is 1. The van der Waals surface area contributed by atoms with Crippen molar-refractivity contribution in [3.8, 4) is 0 Å². The van der Waals surface area contributed by atoms with Crippen LogP contribution in [0, 0.1) is 10.8 Å². The predicted molar refractivity (Wildman–Crippen MR) is 71.9 cm³/mol. The molecule has 0 aliphatic heterocycles. The fraction of sp³-hybridized carbons (Fsp3) is 0.929. The summed E-state index contributed by atoms with van der Waals surface area (Å²) >= 11 is 0. The zero-order valence-corrected chi connectivity index (χ0v) is 12.0. The molecular weight excluding hydrogens is 212 g/mol. The molecule has 0 saturated heterocycles. The number of hydrogen-bond acceptors (Lipinski definition) is 2. The van der Waals surface area contributed by atoms with Gasteiger partial charge < -0.3 is 10.6 Å². The first-order valence-electron chi connectivity index (χ1n) is 6.72. The molecule has 0 radical (unpaired) electrons. The lowest BCUT2D eigenvalue weighted by Gasteiger charge is -2.37.